The van der Waals surface area contributed by atoms with Crippen molar-refractivity contribution in [2.24, 2.45) is 0 Å². The number of nitrogens with two attached hydrogens (primary N) is 2. The fraction of sp³-hybridized carbons (Fsp3) is 0.375. The molecule has 5 rings (SSSR count). The van der Waals surface area contributed by atoms with Crippen molar-refractivity contribution in [1.82, 2.24) is 39.5 Å². The number of methoxy groups -OCH3 is 1. The van der Waals surface area contributed by atoms with E-state index in [2.05, 4.69) is 34.9 Å². The number of imidazole rings is 2. The maximum atomic E-state index is 10.0. The summed E-state index contributed by atoms with van der Waals surface area (Å²) in [5.74, 6) is 0.513. The molecule has 0 spiro atoms. The largest absolute Gasteiger partial charge is 0.394 e. The third-order valence-electron chi connectivity index (χ3n) is 4.62. The van der Waals surface area contributed by atoms with Crippen LogP contribution in [0.25, 0.3) is 22.3 Å². The average Bonchev–Trinajstić information content (AvgIpc) is 3.45. The lowest BCUT2D eigenvalue weighted by molar-refractivity contribution is -0.0583. The molecule has 0 amide bonds. The second-order valence-corrected chi connectivity index (χ2v) is 6.39. The van der Waals surface area contributed by atoms with Gasteiger partial charge in [-0.15, -0.1) is 0 Å². The summed E-state index contributed by atoms with van der Waals surface area (Å²) in [5.41, 5.74) is 13.4. The lowest BCUT2D eigenvalue weighted by Gasteiger charge is -2.19. The van der Waals surface area contributed by atoms with Crippen molar-refractivity contribution in [2.75, 3.05) is 25.2 Å². The molecule has 158 valence electrons. The molecule has 5 heterocycles. The zero-order valence-electron chi connectivity index (χ0n) is 15.8. The molecule has 7 N–H and O–H groups in total. The minimum Gasteiger partial charge on any atom is -0.394 e. The van der Waals surface area contributed by atoms with Gasteiger partial charge < -0.3 is 36.1 Å². The molecular formula is C16H20N10O4. The van der Waals surface area contributed by atoms with Gasteiger partial charge in [0.15, 0.2) is 23.3 Å². The molecule has 30 heavy (non-hydrogen) atoms. The van der Waals surface area contributed by atoms with Crippen molar-refractivity contribution < 1.29 is 19.7 Å². The Balaban J connectivity index is 0.000000181. The minimum atomic E-state index is -0.938. The van der Waals surface area contributed by atoms with E-state index in [1.807, 2.05) is 0 Å². The Morgan fingerprint density at radius 1 is 1.23 bits per heavy atom. The normalized spacial score (nSPS) is 23.6. The first-order valence-electron chi connectivity index (χ1n) is 8.85. The molecule has 1 aliphatic heterocycles. The third-order valence-corrected chi connectivity index (χ3v) is 4.62. The van der Waals surface area contributed by atoms with Crippen LogP contribution < -0.4 is 11.5 Å². The highest BCUT2D eigenvalue weighted by Crippen LogP contribution is 2.33. The van der Waals surface area contributed by atoms with Gasteiger partial charge >= 0.3 is 0 Å². The second kappa shape index (κ2) is 8.11. The van der Waals surface area contributed by atoms with Crippen molar-refractivity contribution in [3.8, 4) is 0 Å². The van der Waals surface area contributed by atoms with E-state index in [4.69, 9.17) is 20.9 Å². The van der Waals surface area contributed by atoms with Crippen LogP contribution in [0.4, 0.5) is 11.8 Å². The highest BCUT2D eigenvalue weighted by Gasteiger charge is 2.45. The summed E-state index contributed by atoms with van der Waals surface area (Å²) in [6.07, 6.45) is 3.04. The SMILES string of the molecule is CO[C@@H]1[C@H](O)[C@@H](CO)O[C@H]1n1cnc2c(N)ncnc21.Nc1ncc2[nH]cnc2n1. The first-order chi connectivity index (χ1) is 14.5. The summed E-state index contributed by atoms with van der Waals surface area (Å²) in [6, 6.07) is 0. The molecule has 14 heteroatoms. The number of aliphatic hydroxyl groups excluding tert-OH is 2. The van der Waals surface area contributed by atoms with Crippen molar-refractivity contribution in [3.05, 3.63) is 25.2 Å². The first-order valence-corrected chi connectivity index (χ1v) is 8.85. The molecule has 14 nitrogen and oxygen atoms in total. The highest BCUT2D eigenvalue weighted by atomic mass is 16.6. The molecule has 4 aromatic rings. The van der Waals surface area contributed by atoms with E-state index in [0.29, 0.717) is 16.8 Å². The van der Waals surface area contributed by atoms with Crippen LogP contribution in [0, 0.1) is 0 Å². The number of ether oxygens (including phenoxy) is 2. The zero-order valence-corrected chi connectivity index (χ0v) is 15.8. The van der Waals surface area contributed by atoms with Gasteiger partial charge in [0.05, 0.1) is 25.5 Å². The number of anilines is 2. The quantitative estimate of drug-likeness (QED) is 0.261. The van der Waals surface area contributed by atoms with Crippen LogP contribution in [-0.4, -0.2) is 81.7 Å². The number of rotatable bonds is 3. The Bertz CT molecular complexity index is 1150. The Labute approximate surface area is 168 Å². The van der Waals surface area contributed by atoms with Gasteiger partial charge in [-0.1, -0.05) is 0 Å². The Hall–Kier alpha value is -3.46. The van der Waals surface area contributed by atoms with Gasteiger partial charge in [-0.25, -0.2) is 24.9 Å². The molecule has 1 saturated heterocycles. The first kappa shape index (κ1) is 19.8. The number of fused-ring (bicyclic) bond motifs is 2. The predicted octanol–water partition coefficient (Wildman–Crippen LogP) is -1.39. The van der Waals surface area contributed by atoms with Gasteiger partial charge in [0.1, 0.15) is 35.7 Å². The number of nitrogens with one attached hydrogen (secondary N) is 1. The highest BCUT2D eigenvalue weighted by molar-refractivity contribution is 5.81. The molecule has 0 bridgehead atoms. The number of aromatic amines is 1. The zero-order chi connectivity index (χ0) is 21.3. The van der Waals surface area contributed by atoms with Crippen molar-refractivity contribution in [1.29, 1.82) is 0 Å². The number of nitrogens with zero attached hydrogens (tertiary/aromatic N) is 7. The Kier molecular flexibility index (Phi) is 5.37. The topological polar surface area (TPSA) is 209 Å². The third kappa shape index (κ3) is 3.48. The number of H-pyrrole nitrogens is 1. The molecule has 1 aliphatic rings. The molecule has 4 atom stereocenters. The lowest BCUT2D eigenvalue weighted by atomic mass is 10.1. The molecule has 0 radical (unpaired) electrons. The van der Waals surface area contributed by atoms with Gasteiger partial charge in [-0.05, 0) is 0 Å². The standard InChI is InChI=1S/C11H15N5O4.C5H5N5/c1-19-8-7(18)5(2-17)20-11(8)16-4-15-6-9(12)13-3-14-10(6)16;6-5-7-1-3-4(10-5)9-2-8-3/h3-5,7-8,11,17-18H,2H2,1H3,(H2,12,13,14);1-2H,(H3,6,7,8,9,10)/t5-,7-,8-,11-;/m1./s1. The monoisotopic (exact) mass is 416 g/mol. The van der Waals surface area contributed by atoms with Crippen LogP contribution >= 0.6 is 0 Å². The van der Waals surface area contributed by atoms with Gasteiger partial charge in [0, 0.05) is 7.11 Å². The van der Waals surface area contributed by atoms with Crippen molar-refractivity contribution in [2.45, 2.75) is 24.5 Å². The summed E-state index contributed by atoms with van der Waals surface area (Å²) in [4.78, 5) is 26.5. The average molecular weight is 416 g/mol. The predicted molar refractivity (Wildman–Crippen MR) is 104 cm³/mol. The molecule has 0 aromatic carbocycles. The molecule has 0 saturated carbocycles. The van der Waals surface area contributed by atoms with E-state index in [0.717, 1.165) is 5.52 Å². The van der Waals surface area contributed by atoms with Crippen LogP contribution in [0.15, 0.2) is 25.2 Å². The van der Waals surface area contributed by atoms with Crippen molar-refractivity contribution in [3.63, 3.8) is 0 Å². The van der Waals surface area contributed by atoms with Crippen LogP contribution in [0.2, 0.25) is 0 Å². The maximum Gasteiger partial charge on any atom is 0.222 e. The molecular weight excluding hydrogens is 396 g/mol. The van der Waals surface area contributed by atoms with Gasteiger partial charge in [0.2, 0.25) is 5.95 Å². The molecule has 4 aromatic heterocycles. The van der Waals surface area contributed by atoms with Gasteiger partial charge in [-0.2, -0.15) is 4.98 Å². The summed E-state index contributed by atoms with van der Waals surface area (Å²) < 4.78 is 12.5. The molecule has 0 aliphatic carbocycles. The van der Waals surface area contributed by atoms with E-state index < -0.39 is 24.5 Å². The van der Waals surface area contributed by atoms with E-state index in [-0.39, 0.29) is 18.4 Å². The Morgan fingerprint density at radius 3 is 2.83 bits per heavy atom. The van der Waals surface area contributed by atoms with E-state index in [9.17, 15) is 10.2 Å². The smallest absolute Gasteiger partial charge is 0.222 e. The number of hydrogen-bond donors (Lipinski definition) is 5. The van der Waals surface area contributed by atoms with E-state index in [1.54, 1.807) is 17.1 Å². The van der Waals surface area contributed by atoms with E-state index in [1.165, 1.54) is 19.8 Å². The number of aliphatic hydroxyl groups is 2. The van der Waals surface area contributed by atoms with Gasteiger partial charge in [-0.3, -0.25) is 4.57 Å². The number of nitrogen functional groups attached to an aromatic ring is 2. The molecule has 1 fully saturated rings. The fourth-order valence-corrected chi connectivity index (χ4v) is 3.15. The van der Waals surface area contributed by atoms with Crippen LogP contribution in [0.5, 0.6) is 0 Å². The number of hydrogen-bond acceptors (Lipinski definition) is 12. The molecule has 0 unspecified atom stereocenters. The van der Waals surface area contributed by atoms with Crippen molar-refractivity contribution >= 4 is 34.1 Å². The minimum absolute atomic E-state index is 0.250. The number of aromatic nitrogens is 8. The summed E-state index contributed by atoms with van der Waals surface area (Å²) in [6.45, 7) is -0.304. The van der Waals surface area contributed by atoms with Gasteiger partial charge in [0.25, 0.3) is 0 Å². The summed E-state index contributed by atoms with van der Waals surface area (Å²) in [5, 5.41) is 19.3. The second-order valence-electron chi connectivity index (χ2n) is 6.39. The summed E-state index contributed by atoms with van der Waals surface area (Å²) >= 11 is 0. The Morgan fingerprint density at radius 2 is 2.07 bits per heavy atom. The van der Waals surface area contributed by atoms with Crippen LogP contribution in [-0.2, 0) is 9.47 Å². The fourth-order valence-electron chi connectivity index (χ4n) is 3.15. The van der Waals surface area contributed by atoms with Crippen LogP contribution in [0.1, 0.15) is 6.23 Å². The summed E-state index contributed by atoms with van der Waals surface area (Å²) in [7, 11) is 1.46. The van der Waals surface area contributed by atoms with E-state index >= 15 is 0 Å². The lowest BCUT2D eigenvalue weighted by Crippen LogP contribution is -2.34. The maximum absolute atomic E-state index is 10.0. The van der Waals surface area contributed by atoms with Crippen LogP contribution in [0.3, 0.4) is 0 Å².